The monoisotopic (exact) mass is 343 g/mol. The lowest BCUT2D eigenvalue weighted by atomic mass is 10.2. The van der Waals surface area contributed by atoms with Gasteiger partial charge in [0, 0.05) is 10.4 Å². The number of hydrogen-bond acceptors (Lipinski definition) is 3. The number of primary sulfonamides is 1. The van der Waals surface area contributed by atoms with Gasteiger partial charge in [0.2, 0.25) is 15.8 Å². The zero-order valence-corrected chi connectivity index (χ0v) is 11.9. The first-order valence-electron chi connectivity index (χ1n) is 4.97. The summed E-state index contributed by atoms with van der Waals surface area (Å²) in [6, 6.07) is 2.23. The van der Waals surface area contributed by atoms with E-state index in [0.29, 0.717) is 4.47 Å². The Morgan fingerprint density at radius 3 is 2.61 bits per heavy atom. The maximum absolute atomic E-state index is 13.3. The number of halogens is 3. The highest BCUT2D eigenvalue weighted by atomic mass is 79.9. The number of benzene rings is 1. The van der Waals surface area contributed by atoms with Gasteiger partial charge in [-0.1, -0.05) is 22.9 Å². The van der Waals surface area contributed by atoms with Crippen LogP contribution in [0.3, 0.4) is 0 Å². The molecule has 1 aromatic rings. The summed E-state index contributed by atoms with van der Waals surface area (Å²) < 4.78 is 53.3. The molecule has 8 heteroatoms. The van der Waals surface area contributed by atoms with Crippen LogP contribution in [0.5, 0.6) is 5.75 Å². The van der Waals surface area contributed by atoms with Crippen molar-refractivity contribution in [1.29, 1.82) is 0 Å². The molecule has 1 rings (SSSR count). The van der Waals surface area contributed by atoms with E-state index in [1.807, 2.05) is 0 Å². The Kier molecular flexibility index (Phi) is 5.06. The third-order valence-corrected chi connectivity index (χ3v) is 3.49. The fourth-order valence-corrected chi connectivity index (χ4v) is 2.61. The molecule has 0 aromatic heterocycles. The number of rotatable bonds is 5. The Morgan fingerprint density at radius 2 is 2.06 bits per heavy atom. The molecular formula is C10H12BrF2NO3S. The van der Waals surface area contributed by atoms with E-state index in [9.17, 15) is 17.2 Å². The lowest BCUT2D eigenvalue weighted by Crippen LogP contribution is -2.25. The van der Waals surface area contributed by atoms with Crippen molar-refractivity contribution in [2.45, 2.75) is 6.92 Å². The van der Waals surface area contributed by atoms with Gasteiger partial charge in [-0.25, -0.2) is 17.9 Å². The van der Waals surface area contributed by atoms with Crippen LogP contribution in [-0.4, -0.2) is 20.8 Å². The Labute approximate surface area is 112 Å². The second-order valence-electron chi connectivity index (χ2n) is 3.95. The fraction of sp³-hybridized carbons (Fsp3) is 0.400. The highest BCUT2D eigenvalue weighted by Crippen LogP contribution is 2.25. The van der Waals surface area contributed by atoms with Crippen molar-refractivity contribution in [2.24, 2.45) is 11.1 Å². The summed E-state index contributed by atoms with van der Waals surface area (Å²) in [4.78, 5) is 0. The Balaban J connectivity index is 2.69. The van der Waals surface area contributed by atoms with Gasteiger partial charge in [0.15, 0.2) is 11.6 Å². The lowest BCUT2D eigenvalue weighted by Gasteiger charge is -2.13. The van der Waals surface area contributed by atoms with Gasteiger partial charge in [-0.15, -0.1) is 0 Å². The Bertz CT molecular complexity index is 536. The predicted octanol–water partition coefficient (Wildman–Crippen LogP) is 2.03. The zero-order valence-electron chi connectivity index (χ0n) is 9.49. The van der Waals surface area contributed by atoms with Crippen LogP contribution in [0.1, 0.15) is 6.92 Å². The topological polar surface area (TPSA) is 69.4 Å². The molecule has 2 N–H and O–H groups in total. The van der Waals surface area contributed by atoms with Gasteiger partial charge in [-0.2, -0.15) is 4.39 Å². The second kappa shape index (κ2) is 5.94. The van der Waals surface area contributed by atoms with Gasteiger partial charge in [0.1, 0.15) is 0 Å². The normalized spacial score (nSPS) is 13.4. The van der Waals surface area contributed by atoms with Gasteiger partial charge >= 0.3 is 0 Å². The van der Waals surface area contributed by atoms with Crippen LogP contribution in [0, 0.1) is 17.6 Å². The molecule has 0 aliphatic carbocycles. The van der Waals surface area contributed by atoms with Crippen LogP contribution in [0.2, 0.25) is 0 Å². The fourth-order valence-electron chi connectivity index (χ4n) is 1.31. The minimum atomic E-state index is -3.61. The quantitative estimate of drug-likeness (QED) is 0.831. The van der Waals surface area contributed by atoms with E-state index in [0.717, 1.165) is 6.07 Å². The molecular weight excluding hydrogens is 332 g/mol. The summed E-state index contributed by atoms with van der Waals surface area (Å²) >= 11 is 3.00. The Morgan fingerprint density at radius 1 is 1.44 bits per heavy atom. The molecule has 0 radical (unpaired) electrons. The number of hydrogen-bond donors (Lipinski definition) is 1. The van der Waals surface area contributed by atoms with E-state index in [2.05, 4.69) is 15.9 Å². The molecule has 1 unspecified atom stereocenters. The second-order valence-corrected chi connectivity index (χ2v) is 6.52. The molecule has 1 atom stereocenters. The van der Waals surface area contributed by atoms with Gasteiger partial charge < -0.3 is 4.74 Å². The van der Waals surface area contributed by atoms with Crippen molar-refractivity contribution in [2.75, 3.05) is 12.4 Å². The molecule has 4 nitrogen and oxygen atoms in total. The number of ether oxygens (including phenoxy) is 1. The van der Waals surface area contributed by atoms with E-state index in [4.69, 9.17) is 9.88 Å². The van der Waals surface area contributed by atoms with E-state index in [1.54, 1.807) is 6.92 Å². The van der Waals surface area contributed by atoms with Crippen molar-refractivity contribution < 1.29 is 21.9 Å². The molecule has 0 bridgehead atoms. The van der Waals surface area contributed by atoms with Crippen LogP contribution in [-0.2, 0) is 10.0 Å². The predicted molar refractivity (Wildman–Crippen MR) is 66.7 cm³/mol. The van der Waals surface area contributed by atoms with Crippen LogP contribution in [0.25, 0.3) is 0 Å². The minimum Gasteiger partial charge on any atom is -0.490 e. The molecule has 102 valence electrons. The first-order valence-corrected chi connectivity index (χ1v) is 7.47. The number of sulfonamides is 1. The lowest BCUT2D eigenvalue weighted by molar-refractivity contribution is 0.256. The molecule has 0 aliphatic heterocycles. The third-order valence-electron chi connectivity index (χ3n) is 2.00. The molecule has 0 fully saturated rings. The summed E-state index contributed by atoms with van der Waals surface area (Å²) in [6.45, 7) is 1.50. The van der Waals surface area contributed by atoms with Gasteiger partial charge in [-0.05, 0) is 12.1 Å². The first-order chi connectivity index (χ1) is 8.19. The van der Waals surface area contributed by atoms with E-state index in [1.165, 1.54) is 6.07 Å². The molecule has 0 spiro atoms. The largest absolute Gasteiger partial charge is 0.490 e. The maximum atomic E-state index is 13.3. The van der Waals surface area contributed by atoms with Crippen LogP contribution in [0.15, 0.2) is 16.6 Å². The minimum absolute atomic E-state index is 0.0801. The summed E-state index contributed by atoms with van der Waals surface area (Å²) in [5.41, 5.74) is 0. The van der Waals surface area contributed by atoms with E-state index >= 15 is 0 Å². The van der Waals surface area contributed by atoms with Crippen LogP contribution >= 0.6 is 15.9 Å². The molecule has 0 saturated heterocycles. The van der Waals surface area contributed by atoms with Gasteiger partial charge in [-0.3, -0.25) is 0 Å². The van der Waals surface area contributed by atoms with Crippen molar-refractivity contribution in [3.8, 4) is 5.75 Å². The van der Waals surface area contributed by atoms with Gasteiger partial charge in [0.05, 0.1) is 12.4 Å². The van der Waals surface area contributed by atoms with Crippen molar-refractivity contribution in [3.05, 3.63) is 28.2 Å². The molecule has 0 saturated carbocycles. The van der Waals surface area contributed by atoms with Crippen LogP contribution < -0.4 is 9.88 Å². The van der Waals surface area contributed by atoms with Crippen LogP contribution in [0.4, 0.5) is 8.78 Å². The van der Waals surface area contributed by atoms with E-state index < -0.39 is 27.6 Å². The molecule has 18 heavy (non-hydrogen) atoms. The van der Waals surface area contributed by atoms with E-state index in [-0.39, 0.29) is 18.1 Å². The SMILES string of the molecule is CC(COc1cc(Br)cc(F)c1F)CS(N)(=O)=O. The first kappa shape index (κ1) is 15.3. The molecule has 1 aromatic carbocycles. The highest BCUT2D eigenvalue weighted by molar-refractivity contribution is 9.10. The average Bonchev–Trinajstić information content (AvgIpc) is 2.18. The smallest absolute Gasteiger partial charge is 0.209 e. The van der Waals surface area contributed by atoms with Crippen molar-refractivity contribution in [1.82, 2.24) is 0 Å². The van der Waals surface area contributed by atoms with Gasteiger partial charge in [0.25, 0.3) is 0 Å². The Hall–Kier alpha value is -0.730. The average molecular weight is 344 g/mol. The standard InChI is InChI=1S/C10H12BrF2NO3S/c1-6(5-18(14,15)16)4-17-9-3-7(11)2-8(12)10(9)13/h2-3,6H,4-5H2,1H3,(H2,14,15,16). The highest BCUT2D eigenvalue weighted by Gasteiger charge is 2.15. The third kappa shape index (κ3) is 4.87. The molecule has 0 amide bonds. The summed E-state index contributed by atoms with van der Waals surface area (Å²) in [7, 11) is -3.61. The van der Waals surface area contributed by atoms with Crippen molar-refractivity contribution >= 4 is 26.0 Å². The van der Waals surface area contributed by atoms with Crippen molar-refractivity contribution in [3.63, 3.8) is 0 Å². The summed E-state index contributed by atoms with van der Waals surface area (Å²) in [6.07, 6.45) is 0. The maximum Gasteiger partial charge on any atom is 0.209 e. The molecule has 0 heterocycles. The number of nitrogens with two attached hydrogens (primary N) is 1. The summed E-state index contributed by atoms with van der Waals surface area (Å²) in [5, 5.41) is 4.86. The molecule has 0 aliphatic rings. The zero-order chi connectivity index (χ0) is 13.9. The summed E-state index contributed by atoms with van der Waals surface area (Å²) in [5.74, 6) is -3.14.